The second-order valence-corrected chi connectivity index (χ2v) is 14.4. The molecule has 2 heterocycles. The molecule has 2 aliphatic heterocycles. The van der Waals surface area contributed by atoms with E-state index in [4.69, 9.17) is 45.4 Å². The maximum atomic E-state index is 12.2. The van der Waals surface area contributed by atoms with Crippen LogP contribution < -0.4 is 5.32 Å². The monoisotopic (exact) mass is 777 g/mol. The molecule has 0 bridgehead atoms. The van der Waals surface area contributed by atoms with Gasteiger partial charge in [0.05, 0.1) is 30.4 Å². The number of hydrogen-bond acceptors (Lipinski definition) is 15. The highest BCUT2D eigenvalue weighted by Crippen LogP contribution is 2.43. The average Bonchev–Trinajstić information content (AvgIpc) is 3.10. The van der Waals surface area contributed by atoms with Crippen molar-refractivity contribution < 1.29 is 62.5 Å². The molecule has 2 saturated heterocycles. The second kappa shape index (κ2) is 20.2. The van der Waals surface area contributed by atoms with Gasteiger partial charge in [0, 0.05) is 62.8 Å². The van der Waals surface area contributed by atoms with Gasteiger partial charge < -0.3 is 48.7 Å². The van der Waals surface area contributed by atoms with Crippen LogP contribution in [0.2, 0.25) is 0 Å². The summed E-state index contributed by atoms with van der Waals surface area (Å²) in [4.78, 5) is 48.5. The number of aliphatic hydroxyl groups is 2. The molecule has 2 aromatic rings. The minimum atomic E-state index is -1.30. The second-order valence-electron chi connectivity index (χ2n) is 12.7. The van der Waals surface area contributed by atoms with Gasteiger partial charge in [-0.15, -0.1) is 0 Å². The van der Waals surface area contributed by atoms with E-state index >= 15 is 0 Å². The summed E-state index contributed by atoms with van der Waals surface area (Å²) in [7, 11) is 0. The molecule has 0 aliphatic carbocycles. The van der Waals surface area contributed by atoms with Crippen LogP contribution in [0.5, 0.6) is 0 Å². The lowest BCUT2D eigenvalue weighted by atomic mass is 9.91. The lowest BCUT2D eigenvalue weighted by Gasteiger charge is -2.44. The average molecular weight is 778 g/mol. The van der Waals surface area contributed by atoms with Crippen LogP contribution in [0.1, 0.15) is 70.1 Å². The zero-order valence-electron chi connectivity index (χ0n) is 30.3. The van der Waals surface area contributed by atoms with Gasteiger partial charge >= 0.3 is 23.9 Å². The van der Waals surface area contributed by atoms with E-state index in [2.05, 4.69) is 12.2 Å². The molecule has 2 fully saturated rings. The van der Waals surface area contributed by atoms with Crippen molar-refractivity contribution >= 4 is 58.5 Å². The molecule has 0 aromatic heterocycles. The number of hydrogen-bond donors (Lipinski definition) is 3. The molecule has 4 rings (SSSR count). The predicted octanol–water partition coefficient (Wildman–Crippen LogP) is 3.95. The summed E-state index contributed by atoms with van der Waals surface area (Å²) in [6.07, 6.45) is -7.22. The summed E-state index contributed by atoms with van der Waals surface area (Å²) in [5.74, 6) is -1.57. The van der Waals surface area contributed by atoms with Gasteiger partial charge in [0.25, 0.3) is 0 Å². The molecule has 9 atom stereocenters. The van der Waals surface area contributed by atoms with Gasteiger partial charge in [-0.25, -0.2) is 0 Å². The number of thiocarbonyl (C=S) groups is 1. The van der Waals surface area contributed by atoms with Gasteiger partial charge in [0.2, 0.25) is 0 Å². The molecule has 16 heteroatoms. The molecule has 14 nitrogen and oxygen atoms in total. The molecule has 53 heavy (non-hydrogen) atoms. The van der Waals surface area contributed by atoms with Crippen LogP contribution in [-0.4, -0.2) is 100 Å². The van der Waals surface area contributed by atoms with Gasteiger partial charge in [0.15, 0.2) is 24.6 Å². The van der Waals surface area contributed by atoms with E-state index in [0.717, 1.165) is 25.0 Å². The number of anilines is 1. The molecular formula is C37H47NO13S2. The number of benzene rings is 2. The zero-order valence-corrected chi connectivity index (χ0v) is 31.9. The number of thioether (sulfide) groups is 1. The Morgan fingerprint density at radius 3 is 2.04 bits per heavy atom. The summed E-state index contributed by atoms with van der Waals surface area (Å²) in [5.41, 5.74) is 3.05. The first-order valence-corrected chi connectivity index (χ1v) is 18.7. The van der Waals surface area contributed by atoms with Crippen LogP contribution in [0.4, 0.5) is 5.69 Å². The van der Waals surface area contributed by atoms with Gasteiger partial charge in [-0.1, -0.05) is 55.5 Å². The highest BCUT2D eigenvalue weighted by Gasteiger charge is 2.52. The fourth-order valence-electron chi connectivity index (χ4n) is 6.21. The maximum absolute atomic E-state index is 12.2. The summed E-state index contributed by atoms with van der Waals surface area (Å²) >= 11 is 7.33. The minimum Gasteiger partial charge on any atom is -0.463 e. The third-order valence-electron chi connectivity index (χ3n) is 8.56. The Balaban J connectivity index is 1.56. The molecule has 0 amide bonds. The smallest absolute Gasteiger partial charge is 0.303 e. The Kier molecular flexibility index (Phi) is 16.0. The molecule has 3 N–H and O–H groups in total. The van der Waals surface area contributed by atoms with Crippen molar-refractivity contribution in [1.82, 2.24) is 0 Å². The molecule has 2 aliphatic rings. The summed E-state index contributed by atoms with van der Waals surface area (Å²) < 4.78 is 41.0. The van der Waals surface area contributed by atoms with E-state index in [9.17, 15) is 29.4 Å². The zero-order chi connectivity index (χ0) is 38.7. The first-order chi connectivity index (χ1) is 25.3. The molecule has 2 aromatic carbocycles. The van der Waals surface area contributed by atoms with Crippen molar-refractivity contribution in [3.8, 4) is 0 Å². The SMILES string of the molecule is CC(=O)OC[C@H]1O[C@@H](CC(=S)Nc2cccc(C3O[C@H](CSCCO)[C@H](C)[C@H](c4ccc(CO)cc4)O3)c2)[C@H](OC(C)=O)[C@@H](OC(C)=O)[C@@H]1OC(C)=O. The van der Waals surface area contributed by atoms with Crippen LogP contribution in [0.3, 0.4) is 0 Å². The van der Waals surface area contributed by atoms with Gasteiger partial charge in [-0.3, -0.25) is 19.2 Å². The fraction of sp³-hybridized carbons (Fsp3) is 0.541. The van der Waals surface area contributed by atoms with E-state index in [1.807, 2.05) is 42.5 Å². The Bertz CT molecular complexity index is 1570. The van der Waals surface area contributed by atoms with E-state index < -0.39 is 60.7 Å². The third kappa shape index (κ3) is 12.2. The summed E-state index contributed by atoms with van der Waals surface area (Å²) in [6, 6.07) is 14.9. The number of carbonyl (C=O) groups excluding carboxylic acids is 4. The first-order valence-electron chi connectivity index (χ1n) is 17.2. The van der Waals surface area contributed by atoms with Crippen LogP contribution in [-0.2, 0) is 58.9 Å². The predicted molar refractivity (Wildman–Crippen MR) is 197 cm³/mol. The number of carbonyl (C=O) groups is 4. The van der Waals surface area contributed by atoms with Crippen molar-refractivity contribution in [2.24, 2.45) is 5.92 Å². The van der Waals surface area contributed by atoms with Gasteiger partial charge in [-0.2, -0.15) is 11.8 Å². The maximum Gasteiger partial charge on any atom is 0.303 e. The van der Waals surface area contributed by atoms with Crippen molar-refractivity contribution in [1.29, 1.82) is 0 Å². The van der Waals surface area contributed by atoms with Crippen molar-refractivity contribution in [3.63, 3.8) is 0 Å². The number of esters is 4. The normalized spacial score (nSPS) is 26.9. The van der Waals surface area contributed by atoms with Crippen LogP contribution >= 0.6 is 24.0 Å². The summed E-state index contributed by atoms with van der Waals surface area (Å²) in [6.45, 7) is 6.41. The Hall–Kier alpha value is -3.64. The number of ether oxygens (including phenoxy) is 7. The molecule has 290 valence electrons. The Morgan fingerprint density at radius 1 is 0.792 bits per heavy atom. The molecule has 1 unspecified atom stereocenters. The quantitative estimate of drug-likeness (QED) is 0.102. The highest BCUT2D eigenvalue weighted by molar-refractivity contribution is 7.99. The van der Waals surface area contributed by atoms with E-state index in [1.165, 1.54) is 13.8 Å². The molecule has 0 radical (unpaired) electrons. The minimum absolute atomic E-state index is 0.0205. The van der Waals surface area contributed by atoms with Gasteiger partial charge in [-0.05, 0) is 23.3 Å². The van der Waals surface area contributed by atoms with E-state index in [1.54, 1.807) is 17.8 Å². The fourth-order valence-corrected chi connectivity index (χ4v) is 7.41. The molecular weight excluding hydrogens is 731 g/mol. The molecule has 0 saturated carbocycles. The lowest BCUT2D eigenvalue weighted by molar-refractivity contribution is -0.268. The van der Waals surface area contributed by atoms with Crippen molar-refractivity contribution in [3.05, 3.63) is 65.2 Å². The lowest BCUT2D eigenvalue weighted by Crippen LogP contribution is -2.62. The Labute approximate surface area is 318 Å². The largest absolute Gasteiger partial charge is 0.463 e. The third-order valence-corrected chi connectivity index (χ3v) is 9.86. The Morgan fingerprint density at radius 2 is 1.43 bits per heavy atom. The van der Waals surface area contributed by atoms with E-state index in [0.29, 0.717) is 22.8 Å². The van der Waals surface area contributed by atoms with Crippen LogP contribution in [0.15, 0.2) is 48.5 Å². The molecule has 0 spiro atoms. The van der Waals surface area contributed by atoms with E-state index in [-0.39, 0.29) is 49.4 Å². The van der Waals surface area contributed by atoms with Crippen molar-refractivity contribution in [2.75, 3.05) is 30.0 Å². The van der Waals surface area contributed by atoms with Crippen LogP contribution in [0, 0.1) is 5.92 Å². The highest BCUT2D eigenvalue weighted by atomic mass is 32.2. The standard InChI is InChI=1S/C37H47NO13S2/c1-20-31(19-53-14-13-39)50-37(51-33(20)26-11-9-25(17-40)10-12-26)27-7-6-8-28(15-27)38-32(52)16-29-34(46-22(3)42)36(48-24(5)44)35(47-23(4)43)30(49-29)18-45-21(2)41/h6-12,15,20,29-31,33-37,39-40H,13-14,16-19H2,1-5H3,(H,38,52)/t20-,29-,30+,31+,33+,34-,35+,36+,37?/m0/s1. The first kappa shape index (κ1) is 42.1. The number of aliphatic hydroxyl groups excluding tert-OH is 2. The van der Waals surface area contributed by atoms with Gasteiger partial charge in [0.1, 0.15) is 18.8 Å². The summed E-state index contributed by atoms with van der Waals surface area (Å²) in [5, 5.41) is 22.1. The topological polar surface area (TPSA) is 185 Å². The number of nitrogens with one attached hydrogen (secondary N) is 1. The number of rotatable bonds is 15. The van der Waals surface area contributed by atoms with Crippen molar-refractivity contribution in [2.45, 2.75) is 96.7 Å². The van der Waals surface area contributed by atoms with Crippen LogP contribution in [0.25, 0.3) is 0 Å².